The lowest BCUT2D eigenvalue weighted by molar-refractivity contribution is 0.00578. The van der Waals surface area contributed by atoms with Crippen LogP contribution in [0.5, 0.6) is 0 Å². The lowest BCUT2D eigenvalue weighted by Crippen LogP contribution is -2.41. The Labute approximate surface area is 849 Å². The standard InChI is InChI=1S/C26H27N5O3.C21H19N5O.C18H20ClN3O3.C16H28BNO4.C14H19BN2O2.C8H4BrClN2O.CH4.ClH/c1-26(2,3)34-25(33)30-11-9-17(10-12-30)19-6-8-23-28-21(14-24(32)31(23)16-19)18-5-7-22-20(13-18)15-27-29(22)4;1-25-19-4-2-15(10-17(19)12-23-25)18-11-21(27)26-13-16(3-5-20(26)24-18)14-6-8-22-9-7-14;1-18(2,3)25-17(24)21-8-6-12(7-9-21)13-4-5-15-20-14(19)10-16(23)22(15)11-13;1-14(2,3)20-13(19)18-10-8-12(9-11-18)17-21-15(4,5)16(6,7)22-17;1-13(2)14(3,4)19-15(18-13)11-6-7-12-10(8-11)9-16-17(12)5;9-5-1-2-7-11-6(10)3-8(13)12(7)4-5;;/h5-9,13-16H,10-12H2,1-4H3;2-6,10-13,22H,7-9H2,1H3;4-6,10-11H,7-9H2,1-3H3;8H,9-11H2,1-7H3;6-9H,1-5H3;1-4H;1H4;1H. The Hall–Kier alpha value is -12.4. The quantitative estimate of drug-likeness (QED) is 0.0880. The van der Waals surface area contributed by atoms with Crippen molar-refractivity contribution >= 4 is 162 Å². The van der Waals surface area contributed by atoms with Crippen molar-refractivity contribution in [2.75, 3.05) is 52.4 Å². The van der Waals surface area contributed by atoms with Crippen LogP contribution in [-0.2, 0) is 54.0 Å². The van der Waals surface area contributed by atoms with Gasteiger partial charge in [-0.25, -0.2) is 34.3 Å². The van der Waals surface area contributed by atoms with E-state index in [1.165, 1.54) is 26.5 Å². The minimum absolute atomic E-state index is 0. The number of amides is 3. The smallest absolute Gasteiger partial charge is 0.444 e. The topological polar surface area (TPSA) is 329 Å². The van der Waals surface area contributed by atoms with Crippen LogP contribution < -0.4 is 33.0 Å². The first kappa shape index (κ1) is 107. The van der Waals surface area contributed by atoms with E-state index in [1.54, 1.807) is 72.4 Å². The number of hydrogen-bond acceptors (Lipinski definition) is 22. The van der Waals surface area contributed by atoms with Crippen LogP contribution in [0.2, 0.25) is 10.3 Å². The van der Waals surface area contributed by atoms with Gasteiger partial charge in [0.05, 0.1) is 68.9 Å². The van der Waals surface area contributed by atoms with Crippen molar-refractivity contribution in [1.29, 1.82) is 0 Å². The Bertz CT molecular complexity index is 7490. The number of carbonyl (C=O) groups is 3. The van der Waals surface area contributed by atoms with Gasteiger partial charge in [0.15, 0.2) is 0 Å². The Morgan fingerprint density at radius 1 is 0.408 bits per heavy atom. The van der Waals surface area contributed by atoms with Crippen LogP contribution in [0.3, 0.4) is 0 Å². The van der Waals surface area contributed by atoms with Crippen molar-refractivity contribution in [2.24, 2.45) is 21.1 Å². The number of rotatable bonds is 7. The first-order valence-electron chi connectivity index (χ1n) is 46.5. The molecule has 32 nitrogen and oxygen atoms in total. The van der Waals surface area contributed by atoms with Crippen molar-refractivity contribution in [1.82, 2.24) is 86.9 Å². The molecule has 0 atom stereocenters. The van der Waals surface area contributed by atoms with Gasteiger partial charge in [0.25, 0.3) is 22.2 Å². The first-order valence-corrected chi connectivity index (χ1v) is 48.0. The van der Waals surface area contributed by atoms with Crippen molar-refractivity contribution in [3.63, 3.8) is 0 Å². The first-order chi connectivity index (χ1) is 66.0. The summed E-state index contributed by atoms with van der Waals surface area (Å²) in [6, 6.07) is 38.9. The van der Waals surface area contributed by atoms with Gasteiger partial charge in [-0.05, 0) is 289 Å². The summed E-state index contributed by atoms with van der Waals surface area (Å²) in [5, 5.41) is 19.7. The second-order valence-corrected chi connectivity index (χ2v) is 41.8. The molecule has 20 rings (SSSR count). The molecule has 0 bridgehead atoms. The Morgan fingerprint density at radius 2 is 0.746 bits per heavy atom. The molecular weight excluding hydrogens is 1930 g/mol. The van der Waals surface area contributed by atoms with E-state index in [2.05, 4.69) is 92.4 Å². The molecule has 3 aromatic carbocycles. The van der Waals surface area contributed by atoms with Crippen LogP contribution in [0.4, 0.5) is 14.4 Å². The van der Waals surface area contributed by atoms with E-state index in [1.807, 2.05) is 241 Å². The molecule has 0 saturated carbocycles. The summed E-state index contributed by atoms with van der Waals surface area (Å²) in [7, 11) is 5.13. The monoisotopic (exact) mass is 2050 g/mol. The summed E-state index contributed by atoms with van der Waals surface area (Å²) in [6.45, 7) is 38.3. The lowest BCUT2D eigenvalue weighted by Gasteiger charge is -2.32. The maximum absolute atomic E-state index is 13.0. The van der Waals surface area contributed by atoms with E-state index < -0.39 is 16.8 Å². The van der Waals surface area contributed by atoms with E-state index in [4.69, 9.17) is 66.0 Å². The normalized spacial score (nSPS) is 16.5. The van der Waals surface area contributed by atoms with E-state index >= 15 is 0 Å². The van der Waals surface area contributed by atoms with Crippen molar-refractivity contribution in [3.8, 4) is 22.5 Å². The minimum atomic E-state index is -0.518. The van der Waals surface area contributed by atoms with Gasteiger partial charge in [-0.2, -0.15) is 15.3 Å². The third kappa shape index (κ3) is 25.2. The molecule has 0 spiro atoms. The fourth-order valence-corrected chi connectivity index (χ4v) is 17.0. The van der Waals surface area contributed by atoms with E-state index in [0.717, 1.165) is 113 Å². The number of benzene rings is 3. The largest absolute Gasteiger partial charge is 0.494 e. The second kappa shape index (κ2) is 43.0. The van der Waals surface area contributed by atoms with Crippen LogP contribution in [0.1, 0.15) is 168 Å². The maximum Gasteiger partial charge on any atom is 0.494 e. The van der Waals surface area contributed by atoms with Gasteiger partial charge in [0.1, 0.15) is 49.7 Å². The molecule has 746 valence electrons. The minimum Gasteiger partial charge on any atom is -0.444 e. The number of pyridine rings is 4. The maximum atomic E-state index is 13.0. The van der Waals surface area contributed by atoms with Crippen molar-refractivity contribution < 1.29 is 47.2 Å². The molecule has 38 heteroatoms. The van der Waals surface area contributed by atoms with Gasteiger partial charge in [0.2, 0.25) is 0 Å². The zero-order valence-electron chi connectivity index (χ0n) is 83.0. The zero-order chi connectivity index (χ0) is 101. The fraction of sp³-hybridized carbons (Fsp3) is 0.385. The third-order valence-corrected chi connectivity index (χ3v) is 26.1. The molecule has 1 N–H and O–H groups in total. The fourth-order valence-electron chi connectivity index (χ4n) is 16.3. The summed E-state index contributed by atoms with van der Waals surface area (Å²) >= 11 is 14.7. The molecule has 17 heterocycles. The summed E-state index contributed by atoms with van der Waals surface area (Å²) < 4.78 is 52.9. The predicted octanol–water partition coefficient (Wildman–Crippen LogP) is 18.5. The predicted molar refractivity (Wildman–Crippen MR) is 566 cm³/mol. The number of fused-ring (bicyclic) bond motifs is 7. The van der Waals surface area contributed by atoms with Gasteiger partial charge in [-0.15, -0.1) is 12.4 Å². The van der Waals surface area contributed by atoms with Crippen LogP contribution in [0.25, 0.3) is 94.5 Å². The molecule has 3 amide bonds. The molecule has 11 aromatic heterocycles. The van der Waals surface area contributed by atoms with Gasteiger partial charge in [-0.3, -0.25) is 50.8 Å². The number of aryl methyl sites for hydroxylation is 3. The van der Waals surface area contributed by atoms with Crippen LogP contribution in [-0.4, -0.2) is 206 Å². The summed E-state index contributed by atoms with van der Waals surface area (Å²) in [4.78, 5) is 108. The highest BCUT2D eigenvalue weighted by molar-refractivity contribution is 9.10. The van der Waals surface area contributed by atoms with Crippen LogP contribution in [0, 0.1) is 0 Å². The van der Waals surface area contributed by atoms with Crippen molar-refractivity contribution in [2.45, 2.75) is 190 Å². The van der Waals surface area contributed by atoms with Gasteiger partial charge in [0, 0.05) is 148 Å². The second-order valence-electron chi connectivity index (χ2n) is 40.1. The Kier molecular flexibility index (Phi) is 32.4. The molecule has 2 fully saturated rings. The Morgan fingerprint density at radius 3 is 1.11 bits per heavy atom. The number of hydrogen-bond donors (Lipinski definition) is 1. The number of nitrogens with zero attached hydrogens (tertiary/aromatic N) is 17. The molecule has 0 unspecified atom stereocenters. The Balaban J connectivity index is 0.000000146. The van der Waals surface area contributed by atoms with E-state index in [-0.39, 0.29) is 107 Å². The van der Waals surface area contributed by atoms with E-state index in [0.29, 0.717) is 86.1 Å². The lowest BCUT2D eigenvalue weighted by atomic mass is 9.75. The third-order valence-electron chi connectivity index (χ3n) is 25.3. The average Bonchev–Trinajstić information content (AvgIpc) is 1.40. The number of halogens is 4. The van der Waals surface area contributed by atoms with Crippen LogP contribution in [0.15, 0.2) is 224 Å². The molecule has 142 heavy (non-hydrogen) atoms. The van der Waals surface area contributed by atoms with Gasteiger partial charge >= 0.3 is 32.5 Å². The molecular formula is C104H122B2BrCl3N18O14. The SMILES string of the molecule is C.CC(C)(C)OC(=O)N1CC=C(B2OC(C)(C)C(C)(C)O2)CC1.CC(C)(C)OC(=O)N1CC=C(c2ccc3nc(Cl)cc(=O)n3c2)CC1.Cl.Cn1ncc2cc(-c3cc(=O)n4cc(C5=CCN(C(=O)OC(C)(C)C)CC5)ccc4n3)ccc21.Cn1ncc2cc(-c3cc(=O)n4cc(C5=CCNCC5)ccc4n3)ccc21.Cn1ncc2cc(B3OC(C)(C)C(C)(C)O3)ccc21.O=c1cc(Cl)nc2ccc(Br)cn12. The zero-order valence-corrected chi connectivity index (χ0v) is 86.9. The number of nitrogens with one attached hydrogen (secondary N) is 1. The molecule has 0 radical (unpaired) electrons. The van der Waals surface area contributed by atoms with Gasteiger partial charge in [-0.1, -0.05) is 79.2 Å². The summed E-state index contributed by atoms with van der Waals surface area (Å²) in [6.07, 6.45) is 23.1. The molecule has 0 aliphatic carbocycles. The molecule has 6 aliphatic rings. The molecule has 6 aliphatic heterocycles. The molecule has 14 aromatic rings. The number of carbonyl (C=O) groups excluding carboxylic acids is 3. The number of aromatic nitrogens is 14. The van der Waals surface area contributed by atoms with Gasteiger partial charge < -0.3 is 52.8 Å². The number of ether oxygens (including phenoxy) is 3. The summed E-state index contributed by atoms with van der Waals surface area (Å²) in [5.41, 5.74) is 13.8. The average molecular weight is 2060 g/mol. The highest BCUT2D eigenvalue weighted by atomic mass is 79.9. The summed E-state index contributed by atoms with van der Waals surface area (Å²) in [5.74, 6) is 0. The van der Waals surface area contributed by atoms with E-state index in [9.17, 15) is 33.6 Å². The highest BCUT2D eigenvalue weighted by Gasteiger charge is 2.54. The van der Waals surface area contributed by atoms with Crippen LogP contribution >= 0.6 is 51.5 Å². The van der Waals surface area contributed by atoms with Crippen molar-refractivity contribution in [3.05, 3.63) is 273 Å². The molecule has 2 saturated heterocycles. The highest BCUT2D eigenvalue weighted by Crippen LogP contribution is 2.41.